The maximum atomic E-state index is 12.4. The minimum Gasteiger partial charge on any atom is -0.366 e. The van der Waals surface area contributed by atoms with Crippen LogP contribution in [0.15, 0.2) is 12.3 Å². The van der Waals surface area contributed by atoms with E-state index in [2.05, 4.69) is 10.3 Å². The number of nitrogens with zero attached hydrogens (tertiary/aromatic N) is 1. The van der Waals surface area contributed by atoms with Crippen molar-refractivity contribution in [1.29, 1.82) is 0 Å². The van der Waals surface area contributed by atoms with Gasteiger partial charge in [-0.25, -0.2) is 4.98 Å². The summed E-state index contributed by atoms with van der Waals surface area (Å²) in [5, 5.41) is 3.09. The third kappa shape index (κ3) is 2.88. The Morgan fingerprint density at radius 2 is 2.11 bits per heavy atom. The van der Waals surface area contributed by atoms with Crippen LogP contribution in [0.3, 0.4) is 0 Å². The van der Waals surface area contributed by atoms with Gasteiger partial charge in [0.15, 0.2) is 0 Å². The minimum absolute atomic E-state index is 0.0102. The smallest absolute Gasteiger partial charge is 0.366 e. The first-order chi connectivity index (χ1) is 8.38. The van der Waals surface area contributed by atoms with Crippen LogP contribution in [0.5, 0.6) is 0 Å². The molecule has 0 saturated heterocycles. The molecule has 1 aromatic heterocycles. The van der Waals surface area contributed by atoms with Gasteiger partial charge in [-0.1, -0.05) is 18.0 Å². The zero-order valence-electron chi connectivity index (χ0n) is 9.89. The van der Waals surface area contributed by atoms with Crippen LogP contribution in [0, 0.1) is 5.92 Å². The number of aromatic nitrogens is 1. The highest BCUT2D eigenvalue weighted by atomic mass is 35.5. The van der Waals surface area contributed by atoms with E-state index < -0.39 is 11.7 Å². The van der Waals surface area contributed by atoms with Gasteiger partial charge < -0.3 is 5.32 Å². The number of alkyl halides is 3. The second-order valence-corrected chi connectivity index (χ2v) is 5.08. The maximum absolute atomic E-state index is 12.4. The molecule has 0 amide bonds. The van der Waals surface area contributed by atoms with Crippen molar-refractivity contribution < 1.29 is 13.2 Å². The van der Waals surface area contributed by atoms with Gasteiger partial charge in [0.05, 0.1) is 10.6 Å². The lowest BCUT2D eigenvalue weighted by Crippen LogP contribution is -2.31. The summed E-state index contributed by atoms with van der Waals surface area (Å²) in [4.78, 5) is 3.76. The lowest BCUT2D eigenvalue weighted by atomic mass is 9.80. The number of anilines is 1. The van der Waals surface area contributed by atoms with E-state index in [1.807, 2.05) is 6.92 Å². The summed E-state index contributed by atoms with van der Waals surface area (Å²) in [5.74, 6) is 0.884. The average molecular weight is 279 g/mol. The molecule has 1 aromatic rings. The maximum Gasteiger partial charge on any atom is 0.417 e. The molecule has 0 aromatic carbocycles. The summed E-state index contributed by atoms with van der Waals surface area (Å²) in [5.41, 5.74) is -0.825. The van der Waals surface area contributed by atoms with Crippen molar-refractivity contribution in [3.05, 3.63) is 22.8 Å². The van der Waals surface area contributed by atoms with Crippen molar-refractivity contribution in [3.63, 3.8) is 0 Å². The molecule has 0 spiro atoms. The molecule has 1 heterocycles. The Morgan fingerprint density at radius 3 is 2.56 bits per heavy atom. The van der Waals surface area contributed by atoms with Gasteiger partial charge in [0.1, 0.15) is 5.82 Å². The molecular formula is C12H14ClF3N2. The van der Waals surface area contributed by atoms with Crippen LogP contribution >= 0.6 is 11.6 Å². The van der Waals surface area contributed by atoms with E-state index in [0.29, 0.717) is 11.7 Å². The SMILES string of the molecule is CC(Nc1ncc(C(F)(F)F)cc1Cl)C1CCC1. The highest BCUT2D eigenvalue weighted by Crippen LogP contribution is 2.34. The molecule has 0 radical (unpaired) electrons. The summed E-state index contributed by atoms with van der Waals surface area (Å²) in [6, 6.07) is 1.09. The van der Waals surface area contributed by atoms with Crippen LogP contribution in [0.1, 0.15) is 31.7 Å². The van der Waals surface area contributed by atoms with Crippen molar-refractivity contribution in [2.75, 3.05) is 5.32 Å². The van der Waals surface area contributed by atoms with Crippen LogP contribution in [0.25, 0.3) is 0 Å². The quantitative estimate of drug-likeness (QED) is 0.889. The molecule has 0 aliphatic heterocycles. The molecule has 1 aliphatic rings. The normalized spacial score (nSPS) is 18.3. The Bertz CT molecular complexity index is 430. The Morgan fingerprint density at radius 1 is 1.44 bits per heavy atom. The van der Waals surface area contributed by atoms with Crippen LogP contribution in [0.4, 0.5) is 19.0 Å². The highest BCUT2D eigenvalue weighted by Gasteiger charge is 2.32. The van der Waals surface area contributed by atoms with Gasteiger partial charge >= 0.3 is 6.18 Å². The van der Waals surface area contributed by atoms with E-state index in [1.54, 1.807) is 0 Å². The van der Waals surface area contributed by atoms with Crippen molar-refractivity contribution in [2.24, 2.45) is 5.92 Å². The second kappa shape index (κ2) is 4.96. The largest absolute Gasteiger partial charge is 0.417 e. The predicted molar refractivity (Wildman–Crippen MR) is 64.7 cm³/mol. The topological polar surface area (TPSA) is 24.9 Å². The van der Waals surface area contributed by atoms with Crippen LogP contribution in [0.2, 0.25) is 5.02 Å². The average Bonchev–Trinajstić information content (AvgIpc) is 2.16. The molecule has 18 heavy (non-hydrogen) atoms. The fraction of sp³-hybridized carbons (Fsp3) is 0.583. The Kier molecular flexibility index (Phi) is 3.71. The summed E-state index contributed by atoms with van der Waals surface area (Å²) in [6.07, 6.45) is -0.0971. The summed E-state index contributed by atoms with van der Waals surface area (Å²) < 4.78 is 37.3. The lowest BCUT2D eigenvalue weighted by molar-refractivity contribution is -0.137. The fourth-order valence-electron chi connectivity index (χ4n) is 1.97. The zero-order valence-corrected chi connectivity index (χ0v) is 10.6. The number of hydrogen-bond acceptors (Lipinski definition) is 2. The Balaban J connectivity index is 2.09. The third-order valence-electron chi connectivity index (χ3n) is 3.39. The first kappa shape index (κ1) is 13.5. The predicted octanol–water partition coefficient (Wildman–Crippen LogP) is 4.35. The van der Waals surface area contributed by atoms with Crippen molar-refractivity contribution in [3.8, 4) is 0 Å². The molecule has 1 fully saturated rings. The number of halogens is 4. The number of rotatable bonds is 3. The van der Waals surface area contributed by atoms with E-state index in [-0.39, 0.29) is 11.1 Å². The lowest BCUT2D eigenvalue weighted by Gasteiger charge is -2.32. The molecule has 2 nitrogen and oxygen atoms in total. The van der Waals surface area contributed by atoms with Crippen LogP contribution in [-0.2, 0) is 6.18 Å². The van der Waals surface area contributed by atoms with Crippen molar-refractivity contribution in [1.82, 2.24) is 4.98 Å². The van der Waals surface area contributed by atoms with E-state index in [4.69, 9.17) is 11.6 Å². The fourth-order valence-corrected chi connectivity index (χ4v) is 2.19. The number of pyridine rings is 1. The third-order valence-corrected chi connectivity index (χ3v) is 3.68. The Hall–Kier alpha value is -0.970. The van der Waals surface area contributed by atoms with Gasteiger partial charge in [0, 0.05) is 12.2 Å². The summed E-state index contributed by atoms with van der Waals surface area (Å²) in [7, 11) is 0. The first-order valence-electron chi connectivity index (χ1n) is 5.87. The molecule has 100 valence electrons. The molecule has 6 heteroatoms. The summed E-state index contributed by atoms with van der Waals surface area (Å²) >= 11 is 5.82. The first-order valence-corrected chi connectivity index (χ1v) is 6.25. The van der Waals surface area contributed by atoms with Gasteiger partial charge in [-0.2, -0.15) is 13.2 Å². The van der Waals surface area contributed by atoms with E-state index in [9.17, 15) is 13.2 Å². The van der Waals surface area contributed by atoms with E-state index >= 15 is 0 Å². The minimum atomic E-state index is -4.41. The zero-order chi connectivity index (χ0) is 13.3. The van der Waals surface area contributed by atoms with Crippen LogP contribution in [-0.4, -0.2) is 11.0 Å². The van der Waals surface area contributed by atoms with E-state index in [1.165, 1.54) is 6.42 Å². The standard InChI is InChI=1S/C12H14ClF3N2/c1-7(8-3-2-4-8)18-11-10(13)5-9(6-17-11)12(14,15)16/h5-8H,2-4H2,1H3,(H,17,18). The van der Waals surface area contributed by atoms with Gasteiger partial charge in [0.2, 0.25) is 0 Å². The number of hydrogen-bond donors (Lipinski definition) is 1. The molecule has 1 unspecified atom stereocenters. The van der Waals surface area contributed by atoms with Crippen LogP contribution < -0.4 is 5.32 Å². The van der Waals surface area contributed by atoms with Gasteiger partial charge in [-0.3, -0.25) is 0 Å². The van der Waals surface area contributed by atoms with Gasteiger partial charge in [-0.15, -0.1) is 0 Å². The summed E-state index contributed by atoms with van der Waals surface area (Å²) in [6.45, 7) is 2.00. The number of nitrogens with one attached hydrogen (secondary N) is 1. The molecule has 2 rings (SSSR count). The molecule has 1 N–H and O–H groups in total. The molecule has 1 aliphatic carbocycles. The highest BCUT2D eigenvalue weighted by molar-refractivity contribution is 6.33. The molecule has 1 atom stereocenters. The van der Waals surface area contributed by atoms with Gasteiger partial charge in [-0.05, 0) is 31.7 Å². The van der Waals surface area contributed by atoms with E-state index in [0.717, 1.165) is 25.1 Å². The molecular weight excluding hydrogens is 265 g/mol. The van der Waals surface area contributed by atoms with Crippen molar-refractivity contribution in [2.45, 2.75) is 38.4 Å². The van der Waals surface area contributed by atoms with Crippen molar-refractivity contribution >= 4 is 17.4 Å². The Labute approximate surface area is 109 Å². The second-order valence-electron chi connectivity index (χ2n) is 4.68. The van der Waals surface area contributed by atoms with Gasteiger partial charge in [0.25, 0.3) is 0 Å². The molecule has 0 bridgehead atoms. The monoisotopic (exact) mass is 278 g/mol. The molecule has 1 saturated carbocycles.